The summed E-state index contributed by atoms with van der Waals surface area (Å²) in [6.07, 6.45) is 13.7. The Morgan fingerprint density at radius 2 is 1.04 bits per heavy atom. The van der Waals surface area contributed by atoms with E-state index in [-0.39, 0.29) is 0 Å². The molecule has 0 heterocycles. The van der Waals surface area contributed by atoms with Gasteiger partial charge >= 0.3 is 37.9 Å². The predicted octanol–water partition coefficient (Wildman–Crippen LogP) is 7.34. The van der Waals surface area contributed by atoms with Crippen LogP contribution in [0.25, 0.3) is 0 Å². The molecule has 0 fully saturated rings. The van der Waals surface area contributed by atoms with Crippen LogP contribution < -0.4 is 0 Å². The summed E-state index contributed by atoms with van der Waals surface area (Å²) in [6.45, 7) is 4.48. The fraction of sp³-hybridized carbons (Fsp3) is 0.545. The molecule has 0 saturated carbocycles. The molecule has 0 amide bonds. The van der Waals surface area contributed by atoms with E-state index in [1.165, 1.54) is 75.3 Å². The molecule has 2 aromatic rings. The fourth-order valence-corrected chi connectivity index (χ4v) is 4.13. The van der Waals surface area contributed by atoms with Crippen molar-refractivity contribution in [1.82, 2.24) is 0 Å². The Morgan fingerprint density at radius 3 is 1.44 bits per heavy atom. The first-order valence-electron chi connectivity index (χ1n) is 9.61. The minimum atomic E-state index is -0.826. The number of hydrogen-bond acceptors (Lipinski definition) is 0. The molecule has 0 atom stereocenters. The average molecular weight is 457 g/mol. The third-order valence-corrected chi connectivity index (χ3v) is 5.54. The van der Waals surface area contributed by atoms with Crippen LogP contribution in [0.5, 0.6) is 0 Å². The minimum absolute atomic E-state index is 0.826. The van der Waals surface area contributed by atoms with Gasteiger partial charge in [0, 0.05) is 0 Å². The number of rotatable bonds is 0. The molecule has 2 aliphatic carbocycles. The summed E-state index contributed by atoms with van der Waals surface area (Å²) in [6, 6.07) is 9.18. The number of aryl methyl sites for hydroxylation is 4. The van der Waals surface area contributed by atoms with Crippen LogP contribution in [-0.4, -0.2) is 0 Å². The summed E-state index contributed by atoms with van der Waals surface area (Å²) in [5.74, 6) is 0. The molecule has 0 aliphatic heterocycles. The van der Waals surface area contributed by atoms with E-state index in [1.54, 1.807) is 22.3 Å². The third kappa shape index (κ3) is 6.68. The van der Waals surface area contributed by atoms with Gasteiger partial charge in [-0.15, -0.1) is 0 Å². The number of halogens is 2. The van der Waals surface area contributed by atoms with Crippen molar-refractivity contribution >= 4 is 17.0 Å². The normalized spacial score (nSPS) is 15.8. The first-order chi connectivity index (χ1) is 12.2. The van der Waals surface area contributed by atoms with Crippen molar-refractivity contribution in [1.29, 1.82) is 0 Å². The first-order valence-corrected chi connectivity index (χ1v) is 15.9. The molecule has 0 spiro atoms. The molecule has 0 aromatic heterocycles. The van der Waals surface area contributed by atoms with Crippen molar-refractivity contribution in [2.75, 3.05) is 0 Å². The quantitative estimate of drug-likeness (QED) is 0.287. The van der Waals surface area contributed by atoms with Gasteiger partial charge in [-0.25, -0.2) is 12.1 Å². The molecule has 0 unspecified atom stereocenters. The molecule has 4 rings (SSSR count). The number of fused-ring (bicyclic) bond motifs is 2. The Bertz CT molecular complexity index is 570. The van der Waals surface area contributed by atoms with E-state index < -0.39 is 20.8 Å². The summed E-state index contributed by atoms with van der Waals surface area (Å²) in [5, 5.41) is 0. The van der Waals surface area contributed by atoms with E-state index >= 15 is 0 Å². The third-order valence-electron chi connectivity index (χ3n) is 5.54. The van der Waals surface area contributed by atoms with Crippen molar-refractivity contribution in [3.8, 4) is 0 Å². The van der Waals surface area contributed by atoms with Crippen molar-refractivity contribution in [3.05, 3.63) is 57.6 Å². The van der Waals surface area contributed by atoms with Gasteiger partial charge in [0.2, 0.25) is 0 Å². The second-order valence-electron chi connectivity index (χ2n) is 7.23. The van der Waals surface area contributed by atoms with Crippen molar-refractivity contribution < 1.29 is 20.8 Å². The van der Waals surface area contributed by atoms with Gasteiger partial charge in [0.1, 0.15) is 0 Å². The first kappa shape index (κ1) is 21.5. The number of hydrogen-bond donors (Lipinski definition) is 0. The topological polar surface area (TPSA) is 0 Å². The molecule has 3 heteroatoms. The van der Waals surface area contributed by atoms with Gasteiger partial charge in [0.05, 0.1) is 0 Å². The summed E-state index contributed by atoms with van der Waals surface area (Å²) in [4.78, 5) is 0. The van der Waals surface area contributed by atoms with Crippen LogP contribution in [0, 0.1) is 13.8 Å². The van der Waals surface area contributed by atoms with Crippen LogP contribution in [0.2, 0.25) is 0 Å². The van der Waals surface area contributed by atoms with Crippen molar-refractivity contribution in [3.63, 3.8) is 0 Å². The van der Waals surface area contributed by atoms with E-state index in [9.17, 15) is 0 Å². The summed E-state index contributed by atoms with van der Waals surface area (Å²) >= 11 is -0.826. The van der Waals surface area contributed by atoms with Gasteiger partial charge in [-0.1, -0.05) is 78.1 Å². The van der Waals surface area contributed by atoms with E-state index in [2.05, 4.69) is 38.1 Å². The van der Waals surface area contributed by atoms with E-state index in [0.717, 1.165) is 0 Å². The van der Waals surface area contributed by atoms with Crippen LogP contribution in [0.3, 0.4) is 0 Å². The Kier molecular flexibility index (Phi) is 10.1. The van der Waals surface area contributed by atoms with E-state index in [0.29, 0.717) is 0 Å². The molecule has 25 heavy (non-hydrogen) atoms. The molecule has 0 nitrogen and oxygen atoms in total. The van der Waals surface area contributed by atoms with Gasteiger partial charge in [-0.3, -0.25) is 0 Å². The molecule has 0 radical (unpaired) electrons. The summed E-state index contributed by atoms with van der Waals surface area (Å²) in [7, 11) is 9.87. The van der Waals surface area contributed by atoms with Gasteiger partial charge in [0.15, 0.2) is 0 Å². The van der Waals surface area contributed by atoms with Crippen LogP contribution in [-0.2, 0) is 46.5 Å². The van der Waals surface area contributed by atoms with Crippen molar-refractivity contribution in [2.24, 2.45) is 0 Å². The van der Waals surface area contributed by atoms with Crippen LogP contribution in [0.4, 0.5) is 0 Å². The molecule has 2 aromatic carbocycles. The molecular formula is C22H30Cl2Zr. The Hall–Kier alpha value is 0.163. The molecule has 0 N–H and O–H groups in total. The average Bonchev–Trinajstić information content (AvgIpc) is 2.95. The predicted molar refractivity (Wildman–Crippen MR) is 108 cm³/mol. The maximum atomic E-state index is 4.93. The standard InChI is InChI=1S/2C11H15.2ClH.Zr/c2*1-9-7-8-10-5-3-2-4-6-11(9)10;;;/h2*7-8H,2-6H2,1H3;2*1H;/q2*-1;;;+4/p-2. The monoisotopic (exact) mass is 454 g/mol. The Balaban J connectivity index is 0.000000156. The SMILES string of the molecule is C[c-]1ccc2c1CCCCC2.C[c-]1ccc2c1CCCCC2.[Cl][Zr+2][Cl]. The molecule has 0 bridgehead atoms. The fourth-order valence-electron chi connectivity index (χ4n) is 4.13. The van der Waals surface area contributed by atoms with Gasteiger partial charge in [0.25, 0.3) is 0 Å². The van der Waals surface area contributed by atoms with Crippen LogP contribution in [0.15, 0.2) is 24.3 Å². The molecule has 136 valence electrons. The Labute approximate surface area is 172 Å². The molecule has 2 aliphatic rings. The second kappa shape index (κ2) is 11.8. The van der Waals surface area contributed by atoms with E-state index in [4.69, 9.17) is 17.0 Å². The zero-order valence-electron chi connectivity index (χ0n) is 15.6. The second-order valence-corrected chi connectivity index (χ2v) is 11.0. The van der Waals surface area contributed by atoms with Crippen molar-refractivity contribution in [2.45, 2.75) is 78.1 Å². The summed E-state index contributed by atoms with van der Waals surface area (Å²) in [5.41, 5.74) is 9.59. The molecular weight excluding hydrogens is 426 g/mol. The molecule has 0 saturated heterocycles. The van der Waals surface area contributed by atoms with Crippen LogP contribution >= 0.6 is 17.0 Å². The maximum absolute atomic E-state index is 4.93. The van der Waals surface area contributed by atoms with Gasteiger partial charge in [-0.05, 0) is 0 Å². The summed E-state index contributed by atoms with van der Waals surface area (Å²) < 4.78 is 0. The van der Waals surface area contributed by atoms with Gasteiger partial charge < -0.3 is 0 Å². The van der Waals surface area contributed by atoms with Gasteiger partial charge in [-0.2, -0.15) is 45.5 Å². The Morgan fingerprint density at radius 1 is 0.680 bits per heavy atom. The zero-order chi connectivity index (χ0) is 18.1. The zero-order valence-corrected chi connectivity index (χ0v) is 19.6. The van der Waals surface area contributed by atoms with Crippen LogP contribution in [0.1, 0.15) is 71.9 Å². The van der Waals surface area contributed by atoms with E-state index in [1.807, 2.05) is 0 Å².